The number of carbonyl (C=O) groups is 2. The monoisotopic (exact) mass is 342 g/mol. The fraction of sp³-hybridized carbons (Fsp3) is 0.353. The number of nitrogens with one attached hydrogen (secondary N) is 1. The Morgan fingerprint density at radius 3 is 2.33 bits per heavy atom. The highest BCUT2D eigenvalue weighted by molar-refractivity contribution is 7.07. The molecule has 0 spiro atoms. The molecule has 2 atom stereocenters. The molecule has 4 rings (SSSR count). The van der Waals surface area contributed by atoms with Gasteiger partial charge in [0.1, 0.15) is 5.69 Å². The number of para-hydroxylation sites is 1. The summed E-state index contributed by atoms with van der Waals surface area (Å²) in [6.07, 6.45) is 0. The van der Waals surface area contributed by atoms with E-state index in [0.717, 1.165) is 5.69 Å². The van der Waals surface area contributed by atoms with Gasteiger partial charge in [-0.05, 0) is 12.1 Å². The fourth-order valence-corrected chi connectivity index (χ4v) is 4.05. The largest absolute Gasteiger partial charge is 0.337 e. The van der Waals surface area contributed by atoms with E-state index in [1.807, 2.05) is 40.1 Å². The summed E-state index contributed by atoms with van der Waals surface area (Å²) < 4.78 is 0. The third kappa shape index (κ3) is 2.87. The summed E-state index contributed by atoms with van der Waals surface area (Å²) in [5.41, 5.74) is 3.01. The minimum atomic E-state index is -0.0621. The highest BCUT2D eigenvalue weighted by Gasteiger charge is 2.43. The summed E-state index contributed by atoms with van der Waals surface area (Å²) >= 11 is 1.43. The van der Waals surface area contributed by atoms with Crippen LogP contribution >= 0.6 is 11.3 Å². The van der Waals surface area contributed by atoms with Gasteiger partial charge in [0.05, 0.1) is 5.51 Å². The smallest absolute Gasteiger partial charge is 0.321 e. The Bertz CT molecular complexity index is 720. The van der Waals surface area contributed by atoms with Crippen LogP contribution in [-0.4, -0.2) is 52.9 Å². The molecule has 0 bridgehead atoms. The molecule has 2 fully saturated rings. The standard InChI is InChI=1S/C17H18N4O2S/c22-16(15-10-24-11-18-15)20-6-12-8-21(9-13(12)7-20)17(23)19-14-4-2-1-3-5-14/h1-5,10-13H,6-9H2,(H,19,23)/t12-,13-/m1/s1. The van der Waals surface area contributed by atoms with Crippen molar-refractivity contribution < 1.29 is 9.59 Å². The highest BCUT2D eigenvalue weighted by Crippen LogP contribution is 2.32. The summed E-state index contributed by atoms with van der Waals surface area (Å²) in [5, 5.41) is 4.72. The molecule has 124 valence electrons. The molecule has 3 amide bonds. The minimum absolute atomic E-state index is 0.00550. The first-order chi connectivity index (χ1) is 11.7. The molecule has 0 saturated carbocycles. The number of nitrogens with zero attached hydrogens (tertiary/aromatic N) is 3. The lowest BCUT2D eigenvalue weighted by Gasteiger charge is -2.21. The predicted octanol–water partition coefficient (Wildman–Crippen LogP) is 2.38. The molecule has 2 saturated heterocycles. The second-order valence-corrected chi connectivity index (χ2v) is 7.02. The van der Waals surface area contributed by atoms with Gasteiger partial charge >= 0.3 is 6.03 Å². The summed E-state index contributed by atoms with van der Waals surface area (Å²) in [6.45, 7) is 2.81. The zero-order valence-corrected chi connectivity index (χ0v) is 13.9. The normalized spacial score (nSPS) is 22.5. The third-order valence-corrected chi connectivity index (χ3v) is 5.32. The predicted molar refractivity (Wildman–Crippen MR) is 92.0 cm³/mol. The van der Waals surface area contributed by atoms with Crippen LogP contribution in [-0.2, 0) is 0 Å². The van der Waals surface area contributed by atoms with Crippen molar-refractivity contribution in [1.29, 1.82) is 0 Å². The van der Waals surface area contributed by atoms with Gasteiger partial charge in [0, 0.05) is 49.1 Å². The van der Waals surface area contributed by atoms with Crippen molar-refractivity contribution in [3.8, 4) is 0 Å². The number of carbonyl (C=O) groups excluding carboxylic acids is 2. The van der Waals surface area contributed by atoms with Crippen LogP contribution in [0.2, 0.25) is 0 Å². The molecule has 2 aliphatic rings. The first kappa shape index (κ1) is 15.1. The lowest BCUT2D eigenvalue weighted by Crippen LogP contribution is -2.37. The fourth-order valence-electron chi connectivity index (χ4n) is 3.53. The van der Waals surface area contributed by atoms with Crippen LogP contribution in [0, 0.1) is 11.8 Å². The number of rotatable bonds is 2. The first-order valence-electron chi connectivity index (χ1n) is 7.99. The van der Waals surface area contributed by atoms with Gasteiger partial charge < -0.3 is 15.1 Å². The number of aromatic nitrogens is 1. The molecule has 0 radical (unpaired) electrons. The van der Waals surface area contributed by atoms with Crippen LogP contribution in [0.3, 0.4) is 0 Å². The molecule has 6 nitrogen and oxygen atoms in total. The van der Waals surface area contributed by atoms with E-state index >= 15 is 0 Å². The average Bonchev–Trinajstić information content (AvgIpc) is 3.31. The van der Waals surface area contributed by atoms with Crippen molar-refractivity contribution in [2.75, 3.05) is 31.5 Å². The summed E-state index contributed by atoms with van der Waals surface area (Å²) in [4.78, 5) is 32.6. The Balaban J connectivity index is 1.34. The second-order valence-electron chi connectivity index (χ2n) is 6.31. The first-order valence-corrected chi connectivity index (χ1v) is 8.93. The molecule has 0 aliphatic carbocycles. The zero-order chi connectivity index (χ0) is 16.5. The van der Waals surface area contributed by atoms with Gasteiger partial charge in [-0.3, -0.25) is 4.79 Å². The second kappa shape index (κ2) is 6.24. The number of fused-ring (bicyclic) bond motifs is 1. The van der Waals surface area contributed by atoms with Crippen molar-refractivity contribution in [1.82, 2.24) is 14.8 Å². The van der Waals surface area contributed by atoms with Crippen LogP contribution in [0.1, 0.15) is 10.5 Å². The Hall–Kier alpha value is -2.41. The Morgan fingerprint density at radius 2 is 1.71 bits per heavy atom. The van der Waals surface area contributed by atoms with Gasteiger partial charge in [0.15, 0.2) is 0 Å². The van der Waals surface area contributed by atoms with E-state index in [1.165, 1.54) is 11.3 Å². The number of likely N-dealkylation sites (tertiary alicyclic amines) is 2. The van der Waals surface area contributed by atoms with E-state index in [0.29, 0.717) is 43.7 Å². The third-order valence-electron chi connectivity index (χ3n) is 4.74. The van der Waals surface area contributed by atoms with Crippen molar-refractivity contribution in [3.05, 3.63) is 46.9 Å². The maximum Gasteiger partial charge on any atom is 0.321 e. The molecular weight excluding hydrogens is 324 g/mol. The van der Waals surface area contributed by atoms with Gasteiger partial charge in [-0.1, -0.05) is 18.2 Å². The summed E-state index contributed by atoms with van der Waals surface area (Å²) in [6, 6.07) is 9.41. The Kier molecular flexibility index (Phi) is 3.93. The maximum absolute atomic E-state index is 12.4. The van der Waals surface area contributed by atoms with Crippen molar-refractivity contribution in [2.24, 2.45) is 11.8 Å². The maximum atomic E-state index is 12.4. The van der Waals surface area contributed by atoms with Crippen LogP contribution < -0.4 is 5.32 Å². The molecular formula is C17H18N4O2S. The molecule has 1 aromatic heterocycles. The number of hydrogen-bond acceptors (Lipinski definition) is 4. The van der Waals surface area contributed by atoms with Gasteiger partial charge in [-0.2, -0.15) is 0 Å². The van der Waals surface area contributed by atoms with E-state index in [-0.39, 0.29) is 11.9 Å². The summed E-state index contributed by atoms with van der Waals surface area (Å²) in [7, 11) is 0. The van der Waals surface area contributed by atoms with Gasteiger partial charge in [0.25, 0.3) is 5.91 Å². The SMILES string of the molecule is O=C(Nc1ccccc1)N1C[C@H]2CN(C(=O)c3cscn3)C[C@@H]2C1. The Labute approximate surface area is 144 Å². The molecule has 1 N–H and O–H groups in total. The minimum Gasteiger partial charge on any atom is -0.337 e. The number of anilines is 1. The molecule has 1 aromatic carbocycles. The van der Waals surface area contributed by atoms with Gasteiger partial charge in [0.2, 0.25) is 0 Å². The van der Waals surface area contributed by atoms with E-state index < -0.39 is 0 Å². The molecule has 2 aliphatic heterocycles. The molecule has 2 aromatic rings. The van der Waals surface area contributed by atoms with E-state index in [4.69, 9.17) is 0 Å². The topological polar surface area (TPSA) is 65.5 Å². The number of amides is 3. The molecule has 3 heterocycles. The number of hydrogen-bond donors (Lipinski definition) is 1. The number of benzene rings is 1. The highest BCUT2D eigenvalue weighted by atomic mass is 32.1. The lowest BCUT2D eigenvalue weighted by atomic mass is 10.0. The van der Waals surface area contributed by atoms with Gasteiger partial charge in [-0.25, -0.2) is 9.78 Å². The van der Waals surface area contributed by atoms with E-state index in [2.05, 4.69) is 10.3 Å². The zero-order valence-electron chi connectivity index (χ0n) is 13.1. The van der Waals surface area contributed by atoms with Crippen molar-refractivity contribution >= 4 is 29.0 Å². The molecule has 24 heavy (non-hydrogen) atoms. The quantitative estimate of drug-likeness (QED) is 0.911. The van der Waals surface area contributed by atoms with Crippen LogP contribution in [0.5, 0.6) is 0 Å². The van der Waals surface area contributed by atoms with Gasteiger partial charge in [-0.15, -0.1) is 11.3 Å². The number of thiazole rings is 1. The van der Waals surface area contributed by atoms with Crippen LogP contribution in [0.25, 0.3) is 0 Å². The van der Waals surface area contributed by atoms with E-state index in [1.54, 1.807) is 10.9 Å². The van der Waals surface area contributed by atoms with Crippen LogP contribution in [0.15, 0.2) is 41.2 Å². The Morgan fingerprint density at radius 1 is 1.04 bits per heavy atom. The summed E-state index contributed by atoms with van der Waals surface area (Å²) in [5.74, 6) is 0.717. The molecule has 0 unspecified atom stereocenters. The lowest BCUT2D eigenvalue weighted by molar-refractivity contribution is 0.0772. The van der Waals surface area contributed by atoms with E-state index in [9.17, 15) is 9.59 Å². The molecule has 7 heteroatoms. The van der Waals surface area contributed by atoms with Crippen molar-refractivity contribution in [3.63, 3.8) is 0 Å². The average molecular weight is 342 g/mol. The number of urea groups is 1. The van der Waals surface area contributed by atoms with Crippen LogP contribution in [0.4, 0.5) is 10.5 Å². The van der Waals surface area contributed by atoms with Crippen molar-refractivity contribution in [2.45, 2.75) is 0 Å².